The average molecular weight is 440 g/mol. The van der Waals surface area contributed by atoms with Gasteiger partial charge in [-0.25, -0.2) is 9.97 Å². The number of aryl methyl sites for hydroxylation is 1. The maximum absolute atomic E-state index is 11.9. The first-order valence-corrected chi connectivity index (χ1v) is 11.4. The van der Waals surface area contributed by atoms with Crippen molar-refractivity contribution in [1.29, 1.82) is 0 Å². The van der Waals surface area contributed by atoms with Gasteiger partial charge in [-0.1, -0.05) is 12.1 Å². The van der Waals surface area contributed by atoms with Crippen LogP contribution in [0.3, 0.4) is 0 Å². The summed E-state index contributed by atoms with van der Waals surface area (Å²) in [6.45, 7) is 3.37. The van der Waals surface area contributed by atoms with Crippen molar-refractivity contribution in [2.24, 2.45) is 0 Å². The Morgan fingerprint density at radius 1 is 0.970 bits per heavy atom. The fourth-order valence-electron chi connectivity index (χ4n) is 4.64. The molecule has 33 heavy (non-hydrogen) atoms. The molecule has 1 aliphatic carbocycles. The van der Waals surface area contributed by atoms with Crippen LogP contribution in [0.4, 0.5) is 17.2 Å². The summed E-state index contributed by atoms with van der Waals surface area (Å²) in [5.74, 6) is 1.01. The van der Waals surface area contributed by atoms with Crippen LogP contribution in [-0.2, 0) is 22.4 Å². The van der Waals surface area contributed by atoms with Crippen molar-refractivity contribution in [2.45, 2.75) is 19.3 Å². The molecule has 166 valence electrons. The summed E-state index contributed by atoms with van der Waals surface area (Å²) in [5, 5.41) is 3.45. The minimum absolute atomic E-state index is 0.306. The quantitative estimate of drug-likeness (QED) is 0.518. The molecular formula is C26H25N5O2. The summed E-state index contributed by atoms with van der Waals surface area (Å²) in [5.41, 5.74) is 7.14. The van der Waals surface area contributed by atoms with Gasteiger partial charge in [0, 0.05) is 61.5 Å². The number of anilines is 3. The number of ketones is 1. The molecular weight excluding hydrogens is 414 g/mol. The van der Waals surface area contributed by atoms with Gasteiger partial charge < -0.3 is 19.4 Å². The van der Waals surface area contributed by atoms with E-state index < -0.39 is 0 Å². The molecule has 0 radical (unpaired) electrons. The lowest BCUT2D eigenvalue weighted by Crippen LogP contribution is -2.36. The third kappa shape index (κ3) is 3.96. The van der Waals surface area contributed by atoms with E-state index in [4.69, 9.17) is 9.72 Å². The fraction of sp³-hybridized carbons (Fsp3) is 0.269. The van der Waals surface area contributed by atoms with Gasteiger partial charge in [0.2, 0.25) is 0 Å². The Balaban J connectivity index is 1.31. The number of ether oxygens (including phenoxy) is 1. The van der Waals surface area contributed by atoms with Crippen molar-refractivity contribution in [3.05, 3.63) is 72.2 Å². The maximum atomic E-state index is 11.9. The first kappa shape index (κ1) is 19.9. The second-order valence-electron chi connectivity index (χ2n) is 8.60. The van der Waals surface area contributed by atoms with Crippen molar-refractivity contribution in [1.82, 2.24) is 14.4 Å². The molecule has 0 amide bonds. The van der Waals surface area contributed by atoms with Gasteiger partial charge in [-0.2, -0.15) is 0 Å². The summed E-state index contributed by atoms with van der Waals surface area (Å²) >= 11 is 0. The molecule has 0 spiro atoms. The maximum Gasteiger partial charge on any atom is 0.180 e. The van der Waals surface area contributed by atoms with E-state index in [1.54, 1.807) is 6.20 Å². The summed E-state index contributed by atoms with van der Waals surface area (Å²) in [7, 11) is 0. The Hall–Kier alpha value is -3.71. The van der Waals surface area contributed by atoms with E-state index in [2.05, 4.69) is 57.7 Å². The highest BCUT2D eigenvalue weighted by molar-refractivity contribution is 5.84. The van der Waals surface area contributed by atoms with Crippen LogP contribution in [0.2, 0.25) is 0 Å². The van der Waals surface area contributed by atoms with Gasteiger partial charge in [0.25, 0.3) is 0 Å². The highest BCUT2D eigenvalue weighted by Crippen LogP contribution is 2.29. The van der Waals surface area contributed by atoms with E-state index in [0.29, 0.717) is 24.4 Å². The Kier molecular flexibility index (Phi) is 5.03. The van der Waals surface area contributed by atoms with Crippen LogP contribution in [0, 0.1) is 0 Å². The zero-order valence-electron chi connectivity index (χ0n) is 18.3. The number of hydrogen-bond acceptors (Lipinski definition) is 6. The largest absolute Gasteiger partial charge is 0.378 e. The third-order valence-electron chi connectivity index (χ3n) is 6.44. The molecule has 0 bridgehead atoms. The van der Waals surface area contributed by atoms with Gasteiger partial charge in [0.1, 0.15) is 5.78 Å². The molecule has 0 unspecified atom stereocenters. The highest BCUT2D eigenvalue weighted by Gasteiger charge is 2.17. The molecule has 2 aromatic heterocycles. The smallest absolute Gasteiger partial charge is 0.180 e. The minimum atomic E-state index is 0.306. The molecule has 0 saturated carbocycles. The number of carbonyl (C=O) groups excluding carboxylic acids is 1. The molecule has 2 aliphatic rings. The number of Topliss-reactive ketones (excluding diaryl/α,β-unsaturated/α-hetero) is 1. The Bertz CT molecular complexity index is 1320. The molecule has 3 heterocycles. The first-order valence-electron chi connectivity index (χ1n) is 11.4. The molecule has 7 nitrogen and oxygen atoms in total. The SMILES string of the molecule is O=C1CCc2ccc(-c3cn4ccnc4c(Nc4ccc(N5CCOCC5)cc4)n3)cc2C1. The molecule has 1 saturated heterocycles. The number of nitrogens with one attached hydrogen (secondary N) is 1. The van der Waals surface area contributed by atoms with Gasteiger partial charge in [0.05, 0.1) is 18.9 Å². The lowest BCUT2D eigenvalue weighted by atomic mass is 9.89. The number of morpholine rings is 1. The summed E-state index contributed by atoms with van der Waals surface area (Å²) in [6.07, 6.45) is 7.67. The summed E-state index contributed by atoms with van der Waals surface area (Å²) in [6, 6.07) is 14.7. The second-order valence-corrected chi connectivity index (χ2v) is 8.60. The minimum Gasteiger partial charge on any atom is -0.378 e. The van der Waals surface area contributed by atoms with E-state index >= 15 is 0 Å². The summed E-state index contributed by atoms with van der Waals surface area (Å²) in [4.78, 5) is 23.7. The van der Waals surface area contributed by atoms with Crippen LogP contribution < -0.4 is 10.2 Å². The molecule has 7 heteroatoms. The van der Waals surface area contributed by atoms with Gasteiger partial charge in [0.15, 0.2) is 11.5 Å². The van der Waals surface area contributed by atoms with Crippen molar-refractivity contribution in [2.75, 3.05) is 36.5 Å². The standard InChI is InChI=1S/C26H25N5O2/c32-23-8-3-18-1-2-19(15-20(18)16-23)24-17-31-10-9-27-26(31)25(29-24)28-21-4-6-22(7-5-21)30-11-13-33-14-12-30/h1-2,4-7,9-10,15,17H,3,8,11-14,16H2,(H,28,29). The second kappa shape index (κ2) is 8.33. The van der Waals surface area contributed by atoms with Crippen LogP contribution in [-0.4, -0.2) is 46.5 Å². The van der Waals surface area contributed by atoms with Crippen molar-refractivity contribution >= 4 is 28.6 Å². The number of nitrogens with zero attached hydrogens (tertiary/aromatic N) is 4. The Labute approximate surface area is 192 Å². The van der Waals surface area contributed by atoms with Gasteiger partial charge in [-0.15, -0.1) is 0 Å². The van der Waals surface area contributed by atoms with Crippen LogP contribution in [0.1, 0.15) is 17.5 Å². The molecule has 6 rings (SSSR count). The molecule has 0 atom stereocenters. The van der Waals surface area contributed by atoms with E-state index in [9.17, 15) is 4.79 Å². The zero-order valence-corrected chi connectivity index (χ0v) is 18.3. The van der Waals surface area contributed by atoms with E-state index in [1.807, 2.05) is 16.8 Å². The predicted molar refractivity (Wildman–Crippen MR) is 128 cm³/mol. The van der Waals surface area contributed by atoms with Crippen molar-refractivity contribution in [3.63, 3.8) is 0 Å². The number of rotatable bonds is 4. The number of hydrogen-bond donors (Lipinski definition) is 1. The van der Waals surface area contributed by atoms with Crippen LogP contribution >= 0.6 is 0 Å². The molecule has 1 fully saturated rings. The van der Waals surface area contributed by atoms with Gasteiger partial charge >= 0.3 is 0 Å². The number of carbonyl (C=O) groups is 1. The lowest BCUT2D eigenvalue weighted by molar-refractivity contribution is -0.118. The molecule has 2 aromatic carbocycles. The van der Waals surface area contributed by atoms with Crippen LogP contribution in [0.5, 0.6) is 0 Å². The number of aromatic nitrogens is 3. The van der Waals surface area contributed by atoms with Crippen molar-refractivity contribution < 1.29 is 9.53 Å². The predicted octanol–water partition coefficient (Wildman–Crippen LogP) is 4.03. The van der Waals surface area contributed by atoms with Gasteiger partial charge in [-0.05, 0) is 47.9 Å². The van der Waals surface area contributed by atoms with Crippen LogP contribution in [0.15, 0.2) is 61.1 Å². The fourth-order valence-corrected chi connectivity index (χ4v) is 4.64. The molecule has 1 aliphatic heterocycles. The number of benzene rings is 2. The van der Waals surface area contributed by atoms with E-state index in [-0.39, 0.29) is 0 Å². The average Bonchev–Trinajstić information content (AvgIpc) is 3.34. The Morgan fingerprint density at radius 2 is 1.82 bits per heavy atom. The first-order chi connectivity index (χ1) is 16.2. The highest BCUT2D eigenvalue weighted by atomic mass is 16.5. The third-order valence-corrected chi connectivity index (χ3v) is 6.44. The van der Waals surface area contributed by atoms with E-state index in [0.717, 1.165) is 60.9 Å². The Morgan fingerprint density at radius 3 is 2.67 bits per heavy atom. The van der Waals surface area contributed by atoms with Gasteiger partial charge in [-0.3, -0.25) is 4.79 Å². The zero-order chi connectivity index (χ0) is 22.2. The monoisotopic (exact) mass is 439 g/mol. The van der Waals surface area contributed by atoms with Crippen LogP contribution in [0.25, 0.3) is 16.9 Å². The number of fused-ring (bicyclic) bond motifs is 2. The van der Waals surface area contributed by atoms with Crippen molar-refractivity contribution in [3.8, 4) is 11.3 Å². The number of imidazole rings is 1. The van der Waals surface area contributed by atoms with E-state index in [1.165, 1.54) is 11.3 Å². The normalized spacial score (nSPS) is 16.1. The summed E-state index contributed by atoms with van der Waals surface area (Å²) < 4.78 is 7.44. The lowest BCUT2D eigenvalue weighted by Gasteiger charge is -2.28. The molecule has 1 N–H and O–H groups in total. The topological polar surface area (TPSA) is 71.8 Å². The molecule has 4 aromatic rings.